The first-order valence-corrected chi connectivity index (χ1v) is 8.12. The van der Waals surface area contributed by atoms with Gasteiger partial charge in [-0.2, -0.15) is 0 Å². The largest absolute Gasteiger partial charge is 0.508 e. The number of fused-ring (bicyclic) bond motifs is 5. The monoisotopic (exact) mass is 299 g/mol. The number of hydrogen-bond donors (Lipinski definition) is 2. The van der Waals surface area contributed by atoms with Gasteiger partial charge in [0.05, 0.1) is 0 Å². The summed E-state index contributed by atoms with van der Waals surface area (Å²) >= 11 is 0. The van der Waals surface area contributed by atoms with Gasteiger partial charge in [0.15, 0.2) is 5.78 Å². The van der Waals surface area contributed by atoms with Gasteiger partial charge in [0.25, 0.3) is 0 Å². The Bertz CT molecular complexity index is 681. The minimum absolute atomic E-state index is 0.0509. The second-order valence-corrected chi connectivity index (χ2v) is 7.33. The molecule has 4 nitrogen and oxygen atoms in total. The lowest BCUT2D eigenvalue weighted by atomic mass is 9.55. The van der Waals surface area contributed by atoms with Gasteiger partial charge in [0.1, 0.15) is 11.5 Å². The molecule has 0 spiro atoms. The Hall–Kier alpha value is -1.84. The lowest BCUT2D eigenvalue weighted by Crippen LogP contribution is -2.42. The lowest BCUT2D eigenvalue weighted by molar-refractivity contribution is -0.125. The van der Waals surface area contributed by atoms with Crippen molar-refractivity contribution in [2.45, 2.75) is 44.9 Å². The van der Waals surface area contributed by atoms with E-state index in [1.54, 1.807) is 6.07 Å². The van der Waals surface area contributed by atoms with Gasteiger partial charge in [-0.05, 0) is 66.7 Å². The number of carbonyl (C=O) groups excluding carboxylic acids is 1. The van der Waals surface area contributed by atoms with Crippen molar-refractivity contribution in [1.82, 2.24) is 0 Å². The molecule has 0 saturated heterocycles. The van der Waals surface area contributed by atoms with Crippen molar-refractivity contribution in [2.75, 3.05) is 0 Å². The molecule has 4 atom stereocenters. The summed E-state index contributed by atoms with van der Waals surface area (Å²) in [5, 5.41) is 22.1. The number of carbonyl (C=O) groups is 1. The Kier molecular flexibility index (Phi) is 2.87. The number of nitrogens with zero attached hydrogens (tertiary/aromatic N) is 1. The predicted octanol–water partition coefficient (Wildman–Crippen LogP) is 3.26. The molecule has 1 aromatic rings. The number of aromatic hydroxyl groups is 1. The number of phenols is 1. The van der Waals surface area contributed by atoms with Crippen LogP contribution in [0.2, 0.25) is 0 Å². The fourth-order valence-corrected chi connectivity index (χ4v) is 5.26. The fourth-order valence-electron chi connectivity index (χ4n) is 5.26. The number of Topliss-reactive ketones (excluding diaryl/α,β-unsaturated/α-hetero) is 1. The summed E-state index contributed by atoms with van der Waals surface area (Å²) in [5.74, 6) is 1.61. The molecule has 22 heavy (non-hydrogen) atoms. The molecule has 3 aliphatic rings. The Balaban J connectivity index is 1.74. The molecule has 2 saturated carbocycles. The minimum Gasteiger partial charge on any atom is -0.508 e. The molecule has 0 amide bonds. The van der Waals surface area contributed by atoms with E-state index < -0.39 is 0 Å². The molecular formula is C18H21NO3. The summed E-state index contributed by atoms with van der Waals surface area (Å²) in [7, 11) is 0. The van der Waals surface area contributed by atoms with E-state index >= 15 is 0 Å². The van der Waals surface area contributed by atoms with Crippen LogP contribution >= 0.6 is 0 Å². The highest BCUT2D eigenvalue weighted by Gasteiger charge is 2.57. The van der Waals surface area contributed by atoms with Crippen molar-refractivity contribution in [3.8, 4) is 5.75 Å². The predicted molar refractivity (Wildman–Crippen MR) is 82.3 cm³/mol. The van der Waals surface area contributed by atoms with Crippen LogP contribution in [0.1, 0.15) is 49.7 Å². The summed E-state index contributed by atoms with van der Waals surface area (Å²) in [5.41, 5.74) is 2.62. The fraction of sp³-hybridized carbons (Fsp3) is 0.556. The SMILES string of the molecule is C[C@]12CC[C@@H]3c4ccc(O)cc4CC[C@H]3[C@@H]1CC(=NO)C2=O. The van der Waals surface area contributed by atoms with Gasteiger partial charge >= 0.3 is 0 Å². The standard InChI is InChI=1S/C18H21NO3/c1-18-7-6-13-12-5-3-11(20)8-10(12)2-4-14(13)15(18)9-16(19-22)17(18)21/h3,5,8,13-15,20,22H,2,4,6-7,9H2,1H3/t13-,14-,15+,18+/m1/s1. The second-order valence-electron chi connectivity index (χ2n) is 7.33. The Morgan fingerprint density at radius 3 is 2.91 bits per heavy atom. The van der Waals surface area contributed by atoms with E-state index in [0.29, 0.717) is 29.7 Å². The third-order valence-corrected chi connectivity index (χ3v) is 6.41. The molecule has 0 aromatic heterocycles. The molecule has 1 aromatic carbocycles. The van der Waals surface area contributed by atoms with Crippen molar-refractivity contribution >= 4 is 11.5 Å². The zero-order chi connectivity index (χ0) is 15.5. The minimum atomic E-state index is -0.350. The average molecular weight is 299 g/mol. The number of benzene rings is 1. The average Bonchev–Trinajstić information content (AvgIpc) is 2.78. The summed E-state index contributed by atoms with van der Waals surface area (Å²) < 4.78 is 0. The lowest BCUT2D eigenvalue weighted by Gasteiger charge is -2.47. The van der Waals surface area contributed by atoms with Crippen LogP contribution in [0.5, 0.6) is 5.75 Å². The molecule has 2 fully saturated rings. The van der Waals surface area contributed by atoms with Crippen LogP contribution < -0.4 is 0 Å². The quantitative estimate of drug-likeness (QED) is 0.570. The number of ketones is 1. The summed E-state index contributed by atoms with van der Waals surface area (Å²) in [6.45, 7) is 2.06. The van der Waals surface area contributed by atoms with Gasteiger partial charge in [-0.15, -0.1) is 0 Å². The van der Waals surface area contributed by atoms with Gasteiger partial charge in [0, 0.05) is 11.8 Å². The van der Waals surface area contributed by atoms with E-state index in [1.807, 2.05) is 6.07 Å². The van der Waals surface area contributed by atoms with Gasteiger partial charge in [-0.25, -0.2) is 0 Å². The Morgan fingerprint density at radius 1 is 1.32 bits per heavy atom. The number of phenolic OH excluding ortho intramolecular Hbond substituents is 1. The van der Waals surface area contributed by atoms with Crippen LogP contribution in [0.4, 0.5) is 0 Å². The van der Waals surface area contributed by atoms with E-state index in [9.17, 15) is 9.90 Å². The smallest absolute Gasteiger partial charge is 0.186 e. The molecule has 4 heteroatoms. The molecule has 2 N–H and O–H groups in total. The van der Waals surface area contributed by atoms with E-state index in [-0.39, 0.29) is 17.1 Å². The van der Waals surface area contributed by atoms with E-state index in [1.165, 1.54) is 11.1 Å². The van der Waals surface area contributed by atoms with Crippen molar-refractivity contribution in [3.05, 3.63) is 29.3 Å². The molecular weight excluding hydrogens is 278 g/mol. The van der Waals surface area contributed by atoms with E-state index in [0.717, 1.165) is 25.7 Å². The van der Waals surface area contributed by atoms with Crippen LogP contribution in [-0.2, 0) is 11.2 Å². The zero-order valence-electron chi connectivity index (χ0n) is 12.7. The molecule has 4 rings (SSSR count). The highest BCUT2D eigenvalue weighted by molar-refractivity contribution is 6.43. The Labute approximate surface area is 129 Å². The maximum absolute atomic E-state index is 12.5. The van der Waals surface area contributed by atoms with Crippen LogP contribution in [0.3, 0.4) is 0 Å². The second kappa shape index (κ2) is 4.58. The van der Waals surface area contributed by atoms with Crippen molar-refractivity contribution in [1.29, 1.82) is 0 Å². The number of aryl methyl sites for hydroxylation is 1. The molecule has 0 heterocycles. The summed E-state index contributed by atoms with van der Waals surface area (Å²) in [4.78, 5) is 12.5. The third kappa shape index (κ3) is 1.70. The van der Waals surface area contributed by atoms with Gasteiger partial charge < -0.3 is 10.3 Å². The third-order valence-electron chi connectivity index (χ3n) is 6.41. The molecule has 0 radical (unpaired) electrons. The molecule has 3 aliphatic carbocycles. The first kappa shape index (κ1) is 13.8. The summed E-state index contributed by atoms with van der Waals surface area (Å²) in [6, 6.07) is 5.72. The van der Waals surface area contributed by atoms with Gasteiger partial charge in [-0.1, -0.05) is 18.1 Å². The van der Waals surface area contributed by atoms with Gasteiger partial charge in [0.2, 0.25) is 0 Å². The van der Waals surface area contributed by atoms with E-state index in [4.69, 9.17) is 5.21 Å². The van der Waals surface area contributed by atoms with Crippen LogP contribution in [0.15, 0.2) is 23.4 Å². The highest BCUT2D eigenvalue weighted by atomic mass is 16.4. The van der Waals surface area contributed by atoms with Crippen LogP contribution in [-0.4, -0.2) is 21.8 Å². The van der Waals surface area contributed by atoms with Crippen molar-refractivity contribution in [2.24, 2.45) is 22.4 Å². The zero-order valence-corrected chi connectivity index (χ0v) is 12.7. The van der Waals surface area contributed by atoms with Crippen LogP contribution in [0.25, 0.3) is 0 Å². The van der Waals surface area contributed by atoms with Gasteiger partial charge in [-0.3, -0.25) is 4.79 Å². The van der Waals surface area contributed by atoms with Crippen molar-refractivity contribution < 1.29 is 15.1 Å². The maximum Gasteiger partial charge on any atom is 0.186 e. The summed E-state index contributed by atoms with van der Waals surface area (Å²) in [6.07, 6.45) is 4.47. The normalized spacial score (nSPS) is 38.5. The van der Waals surface area contributed by atoms with Crippen LogP contribution in [0, 0.1) is 17.3 Å². The Morgan fingerprint density at radius 2 is 2.14 bits per heavy atom. The van der Waals surface area contributed by atoms with Crippen molar-refractivity contribution in [3.63, 3.8) is 0 Å². The molecule has 0 aliphatic heterocycles. The first-order chi connectivity index (χ1) is 10.5. The van der Waals surface area contributed by atoms with E-state index in [2.05, 4.69) is 18.1 Å². The number of hydrogen-bond acceptors (Lipinski definition) is 4. The topological polar surface area (TPSA) is 69.9 Å². The molecule has 0 unspecified atom stereocenters. The molecule has 0 bridgehead atoms. The number of rotatable bonds is 0. The molecule has 116 valence electrons. The first-order valence-electron chi connectivity index (χ1n) is 8.12. The maximum atomic E-state index is 12.5. The highest BCUT2D eigenvalue weighted by Crippen LogP contribution is 2.59. The number of oxime groups is 1.